The minimum Gasteiger partial charge on any atom is -0.353 e. The molecule has 0 aliphatic heterocycles. The van der Waals surface area contributed by atoms with Crippen molar-refractivity contribution in [2.24, 2.45) is 5.92 Å². The van der Waals surface area contributed by atoms with Gasteiger partial charge in [0.2, 0.25) is 5.91 Å². The molecule has 0 heterocycles. The number of allylic oxidation sites excluding steroid dienone is 2. The maximum absolute atomic E-state index is 11.3. The molecule has 0 saturated heterocycles. The Kier molecular flexibility index (Phi) is 5.40. The summed E-state index contributed by atoms with van der Waals surface area (Å²) in [7, 11) is 0. The summed E-state index contributed by atoms with van der Waals surface area (Å²) in [6.45, 7) is 5.35. The van der Waals surface area contributed by atoms with Crippen LogP contribution in [0.1, 0.15) is 33.1 Å². The Labute approximate surface area is 92.3 Å². The largest absolute Gasteiger partial charge is 0.353 e. The van der Waals surface area contributed by atoms with Gasteiger partial charge >= 0.3 is 0 Å². The van der Waals surface area contributed by atoms with E-state index >= 15 is 0 Å². The molecule has 86 valence electrons. The summed E-state index contributed by atoms with van der Waals surface area (Å²) in [6, 6.07) is 0.233. The SMILES string of the molecule is CC(C)NC(=O)CNCC1CC=CCC1. The number of carbonyl (C=O) groups is 1. The molecule has 1 amide bonds. The number of nitrogens with one attached hydrogen (secondary N) is 2. The van der Waals surface area contributed by atoms with Gasteiger partial charge in [-0.2, -0.15) is 0 Å². The van der Waals surface area contributed by atoms with Gasteiger partial charge in [0, 0.05) is 6.04 Å². The van der Waals surface area contributed by atoms with Crippen molar-refractivity contribution in [2.45, 2.75) is 39.2 Å². The van der Waals surface area contributed by atoms with Crippen LogP contribution in [0.2, 0.25) is 0 Å². The van der Waals surface area contributed by atoms with E-state index in [1.807, 2.05) is 13.8 Å². The summed E-state index contributed by atoms with van der Waals surface area (Å²) in [5.74, 6) is 0.804. The molecule has 3 heteroatoms. The fraction of sp³-hybridized carbons (Fsp3) is 0.750. The Morgan fingerprint density at radius 2 is 2.27 bits per heavy atom. The third kappa shape index (κ3) is 5.57. The van der Waals surface area contributed by atoms with Crippen molar-refractivity contribution in [3.8, 4) is 0 Å². The van der Waals surface area contributed by atoms with Crippen LogP contribution in [0.4, 0.5) is 0 Å². The van der Waals surface area contributed by atoms with Gasteiger partial charge in [-0.1, -0.05) is 12.2 Å². The summed E-state index contributed by atoms with van der Waals surface area (Å²) in [5, 5.41) is 6.08. The number of carbonyl (C=O) groups excluding carboxylic acids is 1. The lowest BCUT2D eigenvalue weighted by Crippen LogP contribution is -2.39. The molecule has 3 nitrogen and oxygen atoms in total. The Bertz CT molecular complexity index is 224. The van der Waals surface area contributed by atoms with Gasteiger partial charge in [0.05, 0.1) is 6.54 Å². The lowest BCUT2D eigenvalue weighted by atomic mass is 9.94. The highest BCUT2D eigenvalue weighted by Gasteiger charge is 2.10. The lowest BCUT2D eigenvalue weighted by molar-refractivity contribution is -0.120. The van der Waals surface area contributed by atoms with Gasteiger partial charge in [-0.3, -0.25) is 4.79 Å². The van der Waals surface area contributed by atoms with Crippen molar-refractivity contribution in [1.82, 2.24) is 10.6 Å². The van der Waals surface area contributed by atoms with Crippen molar-refractivity contribution in [2.75, 3.05) is 13.1 Å². The van der Waals surface area contributed by atoms with Gasteiger partial charge in [-0.15, -0.1) is 0 Å². The van der Waals surface area contributed by atoms with Gasteiger partial charge in [0.15, 0.2) is 0 Å². The molecule has 0 saturated carbocycles. The molecule has 1 aliphatic rings. The topological polar surface area (TPSA) is 41.1 Å². The molecular weight excluding hydrogens is 188 g/mol. The molecule has 2 N–H and O–H groups in total. The third-order valence-electron chi connectivity index (χ3n) is 2.55. The molecule has 0 aromatic carbocycles. The average molecular weight is 210 g/mol. The maximum atomic E-state index is 11.3. The second kappa shape index (κ2) is 6.62. The van der Waals surface area contributed by atoms with E-state index in [4.69, 9.17) is 0 Å². The molecule has 0 aromatic heterocycles. The first-order valence-electron chi connectivity index (χ1n) is 5.83. The van der Waals surface area contributed by atoms with Crippen LogP contribution in [0.15, 0.2) is 12.2 Å². The van der Waals surface area contributed by atoms with Gasteiger partial charge in [0.25, 0.3) is 0 Å². The minimum atomic E-state index is 0.0938. The van der Waals surface area contributed by atoms with E-state index in [1.165, 1.54) is 12.8 Å². The minimum absolute atomic E-state index is 0.0938. The predicted molar refractivity (Wildman–Crippen MR) is 62.6 cm³/mol. The zero-order valence-corrected chi connectivity index (χ0v) is 9.75. The molecule has 0 bridgehead atoms. The second-order valence-corrected chi connectivity index (χ2v) is 4.50. The predicted octanol–water partition coefficient (Wildman–Crippen LogP) is 1.46. The van der Waals surface area contributed by atoms with Gasteiger partial charge in [-0.05, 0) is 45.6 Å². The first kappa shape index (κ1) is 12.2. The zero-order valence-electron chi connectivity index (χ0n) is 9.75. The van der Waals surface area contributed by atoms with E-state index in [9.17, 15) is 4.79 Å². The van der Waals surface area contributed by atoms with Crippen LogP contribution in [0, 0.1) is 5.92 Å². The fourth-order valence-corrected chi connectivity index (χ4v) is 1.80. The van der Waals surface area contributed by atoms with Crippen LogP contribution >= 0.6 is 0 Å². The Morgan fingerprint density at radius 3 is 2.87 bits per heavy atom. The summed E-state index contributed by atoms with van der Waals surface area (Å²) in [5.41, 5.74) is 0. The zero-order chi connectivity index (χ0) is 11.1. The van der Waals surface area contributed by atoms with Crippen LogP contribution in [-0.2, 0) is 4.79 Å². The maximum Gasteiger partial charge on any atom is 0.234 e. The summed E-state index contributed by atoms with van der Waals surface area (Å²) >= 11 is 0. The van der Waals surface area contributed by atoms with E-state index in [1.54, 1.807) is 0 Å². The third-order valence-corrected chi connectivity index (χ3v) is 2.55. The highest BCUT2D eigenvalue weighted by Crippen LogP contribution is 2.16. The van der Waals surface area contributed by atoms with Crippen LogP contribution in [0.5, 0.6) is 0 Å². The summed E-state index contributed by atoms with van der Waals surface area (Å²) in [4.78, 5) is 11.3. The summed E-state index contributed by atoms with van der Waals surface area (Å²) < 4.78 is 0. The monoisotopic (exact) mass is 210 g/mol. The number of hydrogen-bond acceptors (Lipinski definition) is 2. The van der Waals surface area contributed by atoms with Crippen LogP contribution in [0.3, 0.4) is 0 Å². The number of rotatable bonds is 5. The van der Waals surface area contributed by atoms with Crippen LogP contribution in [0.25, 0.3) is 0 Å². The van der Waals surface area contributed by atoms with Crippen molar-refractivity contribution in [1.29, 1.82) is 0 Å². The van der Waals surface area contributed by atoms with E-state index in [0.29, 0.717) is 12.5 Å². The lowest BCUT2D eigenvalue weighted by Gasteiger charge is -2.18. The average Bonchev–Trinajstić information content (AvgIpc) is 2.18. The number of hydrogen-bond donors (Lipinski definition) is 2. The fourth-order valence-electron chi connectivity index (χ4n) is 1.80. The molecule has 0 radical (unpaired) electrons. The second-order valence-electron chi connectivity index (χ2n) is 4.50. The normalized spacial score (nSPS) is 20.6. The Hall–Kier alpha value is -0.830. The smallest absolute Gasteiger partial charge is 0.234 e. The molecule has 0 aromatic rings. The van der Waals surface area contributed by atoms with Gasteiger partial charge in [0.1, 0.15) is 0 Å². The van der Waals surface area contributed by atoms with Crippen molar-refractivity contribution in [3.63, 3.8) is 0 Å². The molecule has 1 atom stereocenters. The van der Waals surface area contributed by atoms with E-state index < -0.39 is 0 Å². The first-order chi connectivity index (χ1) is 7.18. The molecule has 0 spiro atoms. The highest BCUT2D eigenvalue weighted by molar-refractivity contribution is 5.78. The van der Waals surface area contributed by atoms with Crippen molar-refractivity contribution >= 4 is 5.91 Å². The first-order valence-corrected chi connectivity index (χ1v) is 5.83. The molecule has 1 unspecified atom stereocenters. The van der Waals surface area contributed by atoms with E-state index in [0.717, 1.165) is 13.0 Å². The van der Waals surface area contributed by atoms with E-state index in [-0.39, 0.29) is 11.9 Å². The standard InChI is InChI=1S/C12H22N2O/c1-10(2)14-12(15)9-13-8-11-6-4-3-5-7-11/h3-4,10-11,13H,5-9H2,1-2H3,(H,14,15). The molecule has 1 rings (SSSR count). The van der Waals surface area contributed by atoms with Crippen LogP contribution in [-0.4, -0.2) is 25.0 Å². The molecule has 0 fully saturated rings. The highest BCUT2D eigenvalue weighted by atomic mass is 16.1. The quantitative estimate of drug-likeness (QED) is 0.674. The van der Waals surface area contributed by atoms with Crippen LogP contribution < -0.4 is 10.6 Å². The van der Waals surface area contributed by atoms with Crippen molar-refractivity contribution in [3.05, 3.63) is 12.2 Å². The number of amides is 1. The molecule has 15 heavy (non-hydrogen) atoms. The molecular formula is C12H22N2O. The van der Waals surface area contributed by atoms with Gasteiger partial charge in [-0.25, -0.2) is 0 Å². The Morgan fingerprint density at radius 1 is 1.47 bits per heavy atom. The Balaban J connectivity index is 2.05. The molecule has 1 aliphatic carbocycles. The van der Waals surface area contributed by atoms with E-state index in [2.05, 4.69) is 22.8 Å². The van der Waals surface area contributed by atoms with Crippen molar-refractivity contribution < 1.29 is 4.79 Å². The summed E-state index contributed by atoms with van der Waals surface area (Å²) in [6.07, 6.45) is 8.06. The van der Waals surface area contributed by atoms with Gasteiger partial charge < -0.3 is 10.6 Å².